The lowest BCUT2D eigenvalue weighted by molar-refractivity contribution is -0.141. The molecule has 0 aliphatic carbocycles. The highest BCUT2D eigenvalue weighted by Crippen LogP contribution is 2.31. The Morgan fingerprint density at radius 1 is 1.19 bits per heavy atom. The molecule has 0 amide bonds. The fraction of sp³-hybridized carbons (Fsp3) is 0.412. The van der Waals surface area contributed by atoms with Crippen molar-refractivity contribution >= 4 is 33.4 Å². The molecular weight excluding hydrogens is 413 g/mol. The number of nitrogens with one attached hydrogen (secondary N) is 2. The normalized spacial score (nSPS) is 13.0. The number of alkyl halides is 3. The van der Waals surface area contributed by atoms with Gasteiger partial charge in [-0.3, -0.25) is 0 Å². The molecule has 142 valence electrons. The number of aryl methyl sites for hydroxylation is 1. The van der Waals surface area contributed by atoms with Gasteiger partial charge in [-0.25, -0.2) is 4.98 Å². The second-order valence-corrected chi connectivity index (χ2v) is 7.14. The molecule has 0 spiro atoms. The topological polar surface area (TPSA) is 70.1 Å². The van der Waals surface area contributed by atoms with Crippen LogP contribution in [0.4, 0.5) is 30.6 Å². The summed E-state index contributed by atoms with van der Waals surface area (Å²) in [5.41, 5.74) is 0.415. The van der Waals surface area contributed by atoms with Crippen LogP contribution in [0.15, 0.2) is 28.7 Å². The van der Waals surface area contributed by atoms with E-state index in [1.807, 2.05) is 26.8 Å². The van der Waals surface area contributed by atoms with E-state index in [1.54, 1.807) is 12.1 Å². The largest absolute Gasteiger partial charge is 0.433 e. The lowest BCUT2D eigenvalue weighted by Crippen LogP contribution is -2.30. The van der Waals surface area contributed by atoms with Crippen LogP contribution in [0.3, 0.4) is 0 Å². The van der Waals surface area contributed by atoms with Crippen LogP contribution in [0.5, 0.6) is 0 Å². The van der Waals surface area contributed by atoms with Gasteiger partial charge in [0.15, 0.2) is 5.69 Å². The molecule has 0 bridgehead atoms. The molecule has 5 nitrogen and oxygen atoms in total. The fourth-order valence-corrected chi connectivity index (χ4v) is 2.69. The van der Waals surface area contributed by atoms with Crippen LogP contribution in [-0.4, -0.2) is 27.7 Å². The van der Waals surface area contributed by atoms with Gasteiger partial charge in [-0.15, -0.1) is 0 Å². The molecule has 9 heteroatoms. The number of rotatable bonds is 6. The minimum atomic E-state index is -4.61. The van der Waals surface area contributed by atoms with Crippen molar-refractivity contribution in [3.63, 3.8) is 0 Å². The minimum Gasteiger partial charge on any atom is -0.394 e. The van der Waals surface area contributed by atoms with E-state index in [2.05, 4.69) is 36.5 Å². The summed E-state index contributed by atoms with van der Waals surface area (Å²) in [6, 6.07) is 5.76. The van der Waals surface area contributed by atoms with E-state index in [1.165, 1.54) is 0 Å². The number of halogens is 4. The number of aliphatic hydroxyl groups excluding tert-OH is 1. The van der Waals surface area contributed by atoms with Crippen LogP contribution >= 0.6 is 15.9 Å². The monoisotopic (exact) mass is 432 g/mol. The van der Waals surface area contributed by atoms with Gasteiger partial charge in [0.2, 0.25) is 5.95 Å². The van der Waals surface area contributed by atoms with Gasteiger partial charge in [0.1, 0.15) is 5.82 Å². The molecule has 0 aliphatic heterocycles. The van der Waals surface area contributed by atoms with Gasteiger partial charge in [-0.1, -0.05) is 29.8 Å². The van der Waals surface area contributed by atoms with Crippen LogP contribution in [-0.2, 0) is 6.18 Å². The predicted molar refractivity (Wildman–Crippen MR) is 98.5 cm³/mol. The number of aliphatic hydroxyl groups is 1. The number of nitrogens with zero attached hydrogens (tertiary/aromatic N) is 2. The molecule has 3 N–H and O–H groups in total. The zero-order chi connectivity index (χ0) is 19.5. The third-order valence-electron chi connectivity index (χ3n) is 3.78. The van der Waals surface area contributed by atoms with Crippen molar-refractivity contribution in [1.82, 2.24) is 9.97 Å². The average molecular weight is 433 g/mol. The Bertz CT molecular complexity index is 768. The first-order chi connectivity index (χ1) is 12.1. The van der Waals surface area contributed by atoms with Crippen molar-refractivity contribution in [3.05, 3.63) is 40.0 Å². The fourth-order valence-electron chi connectivity index (χ4n) is 2.22. The van der Waals surface area contributed by atoms with Crippen LogP contribution in [0.1, 0.15) is 25.1 Å². The van der Waals surface area contributed by atoms with Gasteiger partial charge >= 0.3 is 6.18 Å². The quantitative estimate of drug-likeness (QED) is 0.614. The zero-order valence-corrected chi connectivity index (χ0v) is 16.1. The SMILES string of the molecule is Cc1cc(Br)ccc1Nc1cc(C(F)(F)F)nc(N[C@H](CO)C(C)C)n1. The summed E-state index contributed by atoms with van der Waals surface area (Å²) in [4.78, 5) is 7.67. The van der Waals surface area contributed by atoms with Crippen LogP contribution in [0.25, 0.3) is 0 Å². The number of aromatic nitrogens is 2. The third-order valence-corrected chi connectivity index (χ3v) is 4.28. The minimum absolute atomic E-state index is 0.0109. The van der Waals surface area contributed by atoms with E-state index in [0.29, 0.717) is 5.69 Å². The molecule has 0 saturated carbocycles. The first-order valence-electron chi connectivity index (χ1n) is 7.97. The highest BCUT2D eigenvalue weighted by Gasteiger charge is 2.34. The maximum absolute atomic E-state index is 13.2. The molecule has 0 aliphatic rings. The first kappa shape index (κ1) is 20.4. The van der Waals surface area contributed by atoms with Crippen LogP contribution in [0.2, 0.25) is 0 Å². The van der Waals surface area contributed by atoms with Crippen LogP contribution in [0, 0.1) is 12.8 Å². The Kier molecular flexibility index (Phi) is 6.46. The second kappa shape index (κ2) is 8.22. The van der Waals surface area contributed by atoms with E-state index in [-0.39, 0.29) is 24.3 Å². The van der Waals surface area contributed by atoms with E-state index in [4.69, 9.17) is 0 Å². The molecule has 1 aromatic carbocycles. The zero-order valence-electron chi connectivity index (χ0n) is 14.5. The molecule has 26 heavy (non-hydrogen) atoms. The van der Waals surface area contributed by atoms with Crippen molar-refractivity contribution in [2.75, 3.05) is 17.2 Å². The molecule has 1 aromatic heterocycles. The summed E-state index contributed by atoms with van der Waals surface area (Å²) in [6.45, 7) is 5.27. The number of anilines is 3. The highest BCUT2D eigenvalue weighted by atomic mass is 79.9. The van der Waals surface area contributed by atoms with E-state index < -0.39 is 17.9 Å². The van der Waals surface area contributed by atoms with E-state index in [0.717, 1.165) is 16.1 Å². The molecule has 1 heterocycles. The summed E-state index contributed by atoms with van der Waals surface area (Å²) in [5.74, 6) is -0.186. The molecule has 0 saturated heterocycles. The Hall–Kier alpha value is -1.87. The maximum Gasteiger partial charge on any atom is 0.433 e. The molecular formula is C17H20BrF3N4O. The third kappa shape index (κ3) is 5.31. The predicted octanol–water partition coefficient (Wildman–Crippen LogP) is 4.74. The summed E-state index contributed by atoms with van der Waals surface area (Å²) >= 11 is 3.34. The Balaban J connectivity index is 2.39. The summed E-state index contributed by atoms with van der Waals surface area (Å²) < 4.78 is 40.5. The highest BCUT2D eigenvalue weighted by molar-refractivity contribution is 9.10. The number of hydrogen-bond donors (Lipinski definition) is 3. The Labute approximate surface area is 158 Å². The van der Waals surface area contributed by atoms with Gasteiger partial charge in [-0.2, -0.15) is 18.2 Å². The first-order valence-corrected chi connectivity index (χ1v) is 8.76. The van der Waals surface area contributed by atoms with Gasteiger partial charge in [0, 0.05) is 16.2 Å². The van der Waals surface area contributed by atoms with Crippen molar-refractivity contribution < 1.29 is 18.3 Å². The average Bonchev–Trinajstić information content (AvgIpc) is 2.54. The molecule has 1 atom stereocenters. The Morgan fingerprint density at radius 3 is 2.42 bits per heavy atom. The standard InChI is InChI=1S/C17H20BrF3N4O/c1-9(2)13(8-26)23-16-24-14(17(19,20)21)7-15(25-16)22-12-5-4-11(18)6-10(12)3/h4-7,9,13,26H,8H2,1-3H3,(H2,22,23,24,25)/t13-/m1/s1. The molecule has 2 aromatic rings. The maximum atomic E-state index is 13.2. The lowest BCUT2D eigenvalue weighted by Gasteiger charge is -2.21. The van der Waals surface area contributed by atoms with Crippen molar-refractivity contribution in [3.8, 4) is 0 Å². The lowest BCUT2D eigenvalue weighted by atomic mass is 10.1. The molecule has 0 unspecified atom stereocenters. The van der Waals surface area contributed by atoms with Crippen molar-refractivity contribution in [1.29, 1.82) is 0 Å². The van der Waals surface area contributed by atoms with Crippen LogP contribution < -0.4 is 10.6 Å². The molecule has 0 radical (unpaired) electrons. The summed E-state index contributed by atoms with van der Waals surface area (Å²) in [5, 5.41) is 15.1. The van der Waals surface area contributed by atoms with Gasteiger partial charge in [0.25, 0.3) is 0 Å². The molecule has 2 rings (SSSR count). The smallest absolute Gasteiger partial charge is 0.394 e. The van der Waals surface area contributed by atoms with E-state index in [9.17, 15) is 18.3 Å². The Morgan fingerprint density at radius 2 is 1.88 bits per heavy atom. The van der Waals surface area contributed by atoms with Gasteiger partial charge in [0.05, 0.1) is 12.6 Å². The van der Waals surface area contributed by atoms with Gasteiger partial charge in [-0.05, 0) is 36.6 Å². The number of hydrogen-bond acceptors (Lipinski definition) is 5. The summed E-state index contributed by atoms with van der Waals surface area (Å²) in [6.07, 6.45) is -4.61. The van der Waals surface area contributed by atoms with Crippen molar-refractivity contribution in [2.24, 2.45) is 5.92 Å². The second-order valence-electron chi connectivity index (χ2n) is 6.22. The van der Waals surface area contributed by atoms with E-state index >= 15 is 0 Å². The van der Waals surface area contributed by atoms with Gasteiger partial charge < -0.3 is 15.7 Å². The summed E-state index contributed by atoms with van der Waals surface area (Å²) in [7, 11) is 0. The molecule has 0 fully saturated rings. The van der Waals surface area contributed by atoms with Crippen molar-refractivity contribution in [2.45, 2.75) is 33.0 Å². The number of benzene rings is 1.